The normalized spacial score (nSPS) is 17.9. The zero-order valence-electron chi connectivity index (χ0n) is 9.11. The Balaban J connectivity index is 1.96. The first kappa shape index (κ1) is 11.0. The molecule has 1 radical (unpaired) electrons. The minimum absolute atomic E-state index is 0.730. The van der Waals surface area contributed by atoms with Crippen LogP contribution in [0.2, 0.25) is 0 Å². The van der Waals surface area contributed by atoms with E-state index in [9.17, 15) is 0 Å². The molecule has 0 saturated carbocycles. The van der Waals surface area contributed by atoms with Gasteiger partial charge in [0.1, 0.15) is 0 Å². The quantitative estimate of drug-likeness (QED) is 0.755. The molecule has 0 aromatic heterocycles. The minimum atomic E-state index is 0.730. The van der Waals surface area contributed by atoms with Crippen molar-refractivity contribution < 1.29 is 0 Å². The Morgan fingerprint density at radius 2 is 1.80 bits per heavy atom. The highest BCUT2D eigenvalue weighted by atomic mass is 32.1. The minimum Gasteiger partial charge on any atom is -0.299 e. The van der Waals surface area contributed by atoms with Gasteiger partial charge < -0.3 is 0 Å². The predicted molar refractivity (Wildman–Crippen MR) is 66.9 cm³/mol. The van der Waals surface area contributed by atoms with Crippen molar-refractivity contribution in [3.8, 4) is 0 Å². The van der Waals surface area contributed by atoms with E-state index in [2.05, 4.69) is 29.2 Å². The fourth-order valence-electron chi connectivity index (χ4n) is 2.19. The maximum atomic E-state index is 5.07. The van der Waals surface area contributed by atoms with Gasteiger partial charge in [0.25, 0.3) is 0 Å². The highest BCUT2D eigenvalue weighted by molar-refractivity contribution is 7.79. The van der Waals surface area contributed by atoms with Crippen LogP contribution in [0.1, 0.15) is 30.4 Å². The molecule has 1 aromatic rings. The second kappa shape index (κ2) is 5.57. The maximum absolute atomic E-state index is 5.07. The van der Waals surface area contributed by atoms with Crippen molar-refractivity contribution in [2.45, 2.75) is 31.6 Å². The largest absolute Gasteiger partial charge is 0.299 e. The zero-order valence-corrected chi connectivity index (χ0v) is 9.93. The molecular weight excluding hydrogens is 202 g/mol. The summed E-state index contributed by atoms with van der Waals surface area (Å²) in [5, 5.41) is 0. The van der Waals surface area contributed by atoms with Gasteiger partial charge >= 0.3 is 0 Å². The van der Waals surface area contributed by atoms with Crippen LogP contribution < -0.4 is 0 Å². The molecule has 0 amide bonds. The van der Waals surface area contributed by atoms with Crippen molar-refractivity contribution in [2.75, 3.05) is 13.1 Å². The Bertz CT molecular complexity index is 305. The van der Waals surface area contributed by atoms with Crippen molar-refractivity contribution in [1.29, 1.82) is 0 Å². The highest BCUT2D eigenvalue weighted by Gasteiger charge is 2.10. The van der Waals surface area contributed by atoms with Gasteiger partial charge in [0, 0.05) is 12.3 Å². The summed E-state index contributed by atoms with van der Waals surface area (Å²) < 4.78 is 0. The molecule has 0 aliphatic carbocycles. The van der Waals surface area contributed by atoms with Gasteiger partial charge in [-0.25, -0.2) is 0 Å². The summed E-state index contributed by atoms with van der Waals surface area (Å²) in [6.07, 6.45) is 4.13. The van der Waals surface area contributed by atoms with E-state index >= 15 is 0 Å². The van der Waals surface area contributed by atoms with Crippen molar-refractivity contribution in [3.63, 3.8) is 0 Å². The van der Waals surface area contributed by atoms with Gasteiger partial charge in [0.15, 0.2) is 0 Å². The lowest BCUT2D eigenvalue weighted by Crippen LogP contribution is -2.29. The SMILES string of the molecule is [S]Cc1cccc(CN2CCCCC2)c1. The standard InChI is InChI=1S/C13H18NS/c15-11-13-6-4-5-12(9-13)10-14-7-2-1-3-8-14/h4-6,9H,1-3,7-8,10-11H2. The number of likely N-dealkylation sites (tertiary alicyclic amines) is 1. The Hall–Kier alpha value is -0.470. The van der Waals surface area contributed by atoms with Crippen LogP contribution in [-0.4, -0.2) is 18.0 Å². The molecule has 1 nitrogen and oxygen atoms in total. The molecule has 1 aliphatic rings. The maximum Gasteiger partial charge on any atom is 0.0288 e. The molecule has 1 saturated heterocycles. The first-order chi connectivity index (χ1) is 7.38. The van der Waals surface area contributed by atoms with Crippen molar-refractivity contribution in [1.82, 2.24) is 4.90 Å². The number of rotatable bonds is 3. The summed E-state index contributed by atoms with van der Waals surface area (Å²) in [5.74, 6) is 0.730. The number of benzene rings is 1. The van der Waals surface area contributed by atoms with E-state index in [4.69, 9.17) is 12.6 Å². The van der Waals surface area contributed by atoms with Gasteiger partial charge in [0.2, 0.25) is 0 Å². The summed E-state index contributed by atoms with van der Waals surface area (Å²) >= 11 is 5.07. The third kappa shape index (κ3) is 3.25. The number of piperidine rings is 1. The van der Waals surface area contributed by atoms with Gasteiger partial charge in [-0.3, -0.25) is 4.90 Å². The molecule has 15 heavy (non-hydrogen) atoms. The molecule has 0 unspecified atom stereocenters. The molecule has 81 valence electrons. The third-order valence-electron chi connectivity index (χ3n) is 3.01. The molecule has 2 heteroatoms. The van der Waals surface area contributed by atoms with Crippen molar-refractivity contribution in [2.24, 2.45) is 0 Å². The van der Waals surface area contributed by atoms with Crippen molar-refractivity contribution >= 4 is 12.6 Å². The molecule has 0 N–H and O–H groups in total. The monoisotopic (exact) mass is 220 g/mol. The Morgan fingerprint density at radius 3 is 2.53 bits per heavy atom. The van der Waals surface area contributed by atoms with Gasteiger partial charge in [0.05, 0.1) is 0 Å². The number of hydrogen-bond acceptors (Lipinski definition) is 1. The summed E-state index contributed by atoms with van der Waals surface area (Å²) in [6.45, 7) is 3.62. The third-order valence-corrected chi connectivity index (χ3v) is 3.35. The molecule has 1 fully saturated rings. The average Bonchev–Trinajstić information content (AvgIpc) is 2.31. The summed E-state index contributed by atoms with van der Waals surface area (Å²) in [6, 6.07) is 8.71. The lowest BCUT2D eigenvalue weighted by molar-refractivity contribution is 0.221. The molecule has 2 rings (SSSR count). The highest BCUT2D eigenvalue weighted by Crippen LogP contribution is 2.14. The second-order valence-electron chi connectivity index (χ2n) is 4.30. The molecule has 1 aliphatic heterocycles. The fourth-order valence-corrected chi connectivity index (χ4v) is 2.37. The first-order valence-electron chi connectivity index (χ1n) is 5.77. The van der Waals surface area contributed by atoms with E-state index in [1.807, 2.05) is 0 Å². The topological polar surface area (TPSA) is 3.24 Å². The summed E-state index contributed by atoms with van der Waals surface area (Å²) in [7, 11) is 0. The smallest absolute Gasteiger partial charge is 0.0288 e. The van der Waals surface area contributed by atoms with E-state index in [-0.39, 0.29) is 0 Å². The lowest BCUT2D eigenvalue weighted by Gasteiger charge is -2.26. The Labute approximate surface area is 97.9 Å². The van der Waals surface area contributed by atoms with Crippen LogP contribution in [0.15, 0.2) is 24.3 Å². The van der Waals surface area contributed by atoms with E-state index < -0.39 is 0 Å². The van der Waals surface area contributed by atoms with Crippen LogP contribution >= 0.6 is 12.6 Å². The zero-order chi connectivity index (χ0) is 10.5. The van der Waals surface area contributed by atoms with Gasteiger partial charge in [-0.2, -0.15) is 0 Å². The van der Waals surface area contributed by atoms with Gasteiger partial charge in [-0.1, -0.05) is 43.3 Å². The Morgan fingerprint density at radius 1 is 1.07 bits per heavy atom. The molecule has 0 spiro atoms. The fraction of sp³-hybridized carbons (Fsp3) is 0.538. The molecule has 1 heterocycles. The van der Waals surface area contributed by atoms with Gasteiger partial charge in [-0.05, 0) is 37.1 Å². The van der Waals surface area contributed by atoms with Crippen LogP contribution in [0.4, 0.5) is 0 Å². The lowest BCUT2D eigenvalue weighted by atomic mass is 10.1. The molecule has 1 aromatic carbocycles. The van der Waals surface area contributed by atoms with E-state index in [1.165, 1.54) is 43.5 Å². The second-order valence-corrected chi connectivity index (χ2v) is 4.59. The van der Waals surface area contributed by atoms with Crippen LogP contribution in [0.25, 0.3) is 0 Å². The number of hydrogen-bond donors (Lipinski definition) is 0. The van der Waals surface area contributed by atoms with Crippen molar-refractivity contribution in [3.05, 3.63) is 35.4 Å². The molecule has 0 atom stereocenters. The first-order valence-corrected chi connectivity index (χ1v) is 6.34. The van der Waals surface area contributed by atoms with E-state index in [0.29, 0.717) is 0 Å². The molecule has 0 bridgehead atoms. The van der Waals surface area contributed by atoms with Crippen LogP contribution in [-0.2, 0) is 12.3 Å². The van der Waals surface area contributed by atoms with Gasteiger partial charge in [-0.15, -0.1) is 0 Å². The van der Waals surface area contributed by atoms with Crippen LogP contribution in [0.3, 0.4) is 0 Å². The van der Waals surface area contributed by atoms with E-state index in [1.54, 1.807) is 0 Å². The summed E-state index contributed by atoms with van der Waals surface area (Å²) in [4.78, 5) is 2.55. The average molecular weight is 220 g/mol. The molecular formula is C13H18NS. The van der Waals surface area contributed by atoms with Crippen LogP contribution in [0.5, 0.6) is 0 Å². The number of nitrogens with zero attached hydrogens (tertiary/aromatic N) is 1. The predicted octanol–water partition coefficient (Wildman–Crippen LogP) is 3.37. The Kier molecular flexibility index (Phi) is 4.09. The van der Waals surface area contributed by atoms with E-state index in [0.717, 1.165) is 12.3 Å². The van der Waals surface area contributed by atoms with Crippen LogP contribution in [0, 0.1) is 0 Å². The summed E-state index contributed by atoms with van der Waals surface area (Å²) in [5.41, 5.74) is 2.69.